The fourth-order valence-electron chi connectivity index (χ4n) is 5.68. The van der Waals surface area contributed by atoms with Crippen molar-refractivity contribution in [2.45, 2.75) is 31.7 Å². The number of para-hydroxylation sites is 1. The zero-order valence-corrected chi connectivity index (χ0v) is 21.4. The molecule has 8 nitrogen and oxygen atoms in total. The largest absolute Gasteiger partial charge is 0.324 e. The van der Waals surface area contributed by atoms with Gasteiger partial charge in [-0.25, -0.2) is 14.5 Å². The lowest BCUT2D eigenvalue weighted by molar-refractivity contribution is 0.250. The number of likely N-dealkylation sites (tertiary alicyclic amines) is 1. The van der Waals surface area contributed by atoms with Crippen LogP contribution in [-0.4, -0.2) is 48.0 Å². The van der Waals surface area contributed by atoms with Gasteiger partial charge in [0.1, 0.15) is 5.39 Å². The molecule has 10 heteroatoms. The van der Waals surface area contributed by atoms with Gasteiger partial charge in [-0.3, -0.25) is 14.1 Å². The molecule has 2 aromatic carbocycles. The molecule has 1 aliphatic carbocycles. The summed E-state index contributed by atoms with van der Waals surface area (Å²) in [5.74, 6) is 0.770. The minimum Gasteiger partial charge on any atom is -0.324 e. The highest BCUT2D eigenvalue weighted by Crippen LogP contribution is 2.31. The summed E-state index contributed by atoms with van der Waals surface area (Å²) in [6, 6.07) is 12.2. The quantitative estimate of drug-likeness (QED) is 0.349. The van der Waals surface area contributed by atoms with Crippen molar-refractivity contribution in [3.63, 3.8) is 0 Å². The van der Waals surface area contributed by atoms with Crippen LogP contribution >= 0.6 is 23.2 Å². The zero-order valence-electron chi connectivity index (χ0n) is 19.9. The van der Waals surface area contributed by atoms with E-state index in [1.165, 1.54) is 47.8 Å². The first kappa shape index (κ1) is 22.7. The van der Waals surface area contributed by atoms with Crippen molar-refractivity contribution in [2.75, 3.05) is 18.4 Å². The Hall–Kier alpha value is -3.46. The van der Waals surface area contributed by atoms with Gasteiger partial charge < -0.3 is 5.32 Å². The Morgan fingerprint density at radius 3 is 2.57 bits per heavy atom. The van der Waals surface area contributed by atoms with Gasteiger partial charge in [0, 0.05) is 30.3 Å². The van der Waals surface area contributed by atoms with E-state index in [-0.39, 0.29) is 5.56 Å². The van der Waals surface area contributed by atoms with E-state index in [1.807, 2.05) is 0 Å². The second-order valence-corrected chi connectivity index (χ2v) is 10.5. The topological polar surface area (TPSA) is 80.3 Å². The van der Waals surface area contributed by atoms with E-state index in [0.717, 1.165) is 18.5 Å². The maximum absolute atomic E-state index is 13.6. The van der Waals surface area contributed by atoms with Gasteiger partial charge in [-0.05, 0) is 74.2 Å². The lowest BCUT2D eigenvalue weighted by atomic mass is 10.1. The molecular formula is C27H23Cl2N7O. The molecule has 37 heavy (non-hydrogen) atoms. The number of hydrogen-bond acceptors (Lipinski definition) is 6. The number of fused-ring (bicyclic) bond motifs is 4. The third-order valence-corrected chi connectivity index (χ3v) is 8.05. The van der Waals surface area contributed by atoms with Crippen LogP contribution < -0.4 is 10.9 Å². The first-order chi connectivity index (χ1) is 18.1. The molecule has 1 N–H and O–H groups in total. The number of aromatic nitrogens is 5. The van der Waals surface area contributed by atoms with Crippen LogP contribution in [0.1, 0.15) is 24.0 Å². The zero-order chi connectivity index (χ0) is 25.1. The molecular weight excluding hydrogens is 509 g/mol. The van der Waals surface area contributed by atoms with E-state index in [2.05, 4.69) is 38.4 Å². The van der Waals surface area contributed by atoms with E-state index in [1.54, 1.807) is 35.0 Å². The summed E-state index contributed by atoms with van der Waals surface area (Å²) in [6.45, 7) is 2.42. The fraction of sp³-hybridized carbons (Fsp3) is 0.259. The Labute approximate surface area is 222 Å². The number of imidazole rings is 1. The molecule has 5 aromatic rings. The van der Waals surface area contributed by atoms with E-state index in [4.69, 9.17) is 28.2 Å². The SMILES string of the molecule is O=c1c2cnc(Nc3ccc4c(c3)CC(N3CCCC3)C4)nc2n2ccnc2n1-c1c(Cl)cccc1Cl. The first-order valence-electron chi connectivity index (χ1n) is 12.4. The molecule has 1 unspecified atom stereocenters. The number of benzene rings is 2. The Balaban J connectivity index is 1.26. The predicted molar refractivity (Wildman–Crippen MR) is 146 cm³/mol. The lowest BCUT2D eigenvalue weighted by Gasteiger charge is -2.22. The van der Waals surface area contributed by atoms with E-state index in [0.29, 0.717) is 44.5 Å². The van der Waals surface area contributed by atoms with Gasteiger partial charge in [0.25, 0.3) is 5.56 Å². The molecule has 186 valence electrons. The summed E-state index contributed by atoms with van der Waals surface area (Å²) < 4.78 is 3.15. The smallest absolute Gasteiger partial charge is 0.270 e. The Bertz CT molecular complexity index is 1720. The van der Waals surface area contributed by atoms with Crippen LogP contribution in [0.5, 0.6) is 0 Å². The van der Waals surface area contributed by atoms with Crippen molar-refractivity contribution in [2.24, 2.45) is 0 Å². The molecule has 1 fully saturated rings. The van der Waals surface area contributed by atoms with Gasteiger partial charge in [-0.15, -0.1) is 0 Å². The summed E-state index contributed by atoms with van der Waals surface area (Å²) in [5, 5.41) is 4.36. The standard InChI is InChI=1S/C27H23Cl2N7O/c28-21-4-3-5-22(29)23(21)36-25(37)20-15-31-26(33-24(20)35-11-8-30-27(35)36)32-18-7-6-16-13-19(14-17(16)12-18)34-9-1-2-10-34/h3-8,11-12,15,19H,1-2,9-10,13-14H2,(H,31,32,33). The molecule has 4 heterocycles. The van der Waals surface area contributed by atoms with E-state index >= 15 is 0 Å². The monoisotopic (exact) mass is 531 g/mol. The Morgan fingerprint density at radius 1 is 0.973 bits per heavy atom. The van der Waals surface area contributed by atoms with Gasteiger partial charge in [0.2, 0.25) is 11.7 Å². The third-order valence-electron chi connectivity index (χ3n) is 7.44. The molecule has 1 saturated heterocycles. The second kappa shape index (κ2) is 8.83. The van der Waals surface area contributed by atoms with E-state index < -0.39 is 0 Å². The summed E-state index contributed by atoms with van der Waals surface area (Å²) in [5.41, 5.74) is 4.20. The summed E-state index contributed by atoms with van der Waals surface area (Å²) in [4.78, 5) is 29.8. The number of nitrogens with one attached hydrogen (secondary N) is 1. The molecule has 2 aliphatic rings. The van der Waals surface area contributed by atoms with Crippen LogP contribution in [0, 0.1) is 0 Å². The van der Waals surface area contributed by atoms with Crippen molar-refractivity contribution < 1.29 is 0 Å². The lowest BCUT2D eigenvalue weighted by Crippen LogP contribution is -2.33. The molecule has 0 radical (unpaired) electrons. The first-order valence-corrected chi connectivity index (χ1v) is 13.1. The molecule has 0 bridgehead atoms. The summed E-state index contributed by atoms with van der Waals surface area (Å²) in [6.07, 6.45) is 9.69. The summed E-state index contributed by atoms with van der Waals surface area (Å²) >= 11 is 12.9. The van der Waals surface area contributed by atoms with Gasteiger partial charge in [-0.1, -0.05) is 35.3 Å². The Kier molecular flexibility index (Phi) is 5.42. The maximum Gasteiger partial charge on any atom is 0.270 e. The Morgan fingerprint density at radius 2 is 1.76 bits per heavy atom. The van der Waals surface area contributed by atoms with Crippen molar-refractivity contribution in [1.82, 2.24) is 28.8 Å². The molecule has 0 amide bonds. The highest BCUT2D eigenvalue weighted by Gasteiger charge is 2.28. The number of halogens is 2. The van der Waals surface area contributed by atoms with Crippen molar-refractivity contribution in [1.29, 1.82) is 0 Å². The molecule has 7 rings (SSSR count). The minimum atomic E-state index is -0.347. The van der Waals surface area contributed by atoms with Crippen LogP contribution in [0.3, 0.4) is 0 Å². The normalized spacial score (nSPS) is 17.6. The van der Waals surface area contributed by atoms with Crippen molar-refractivity contribution >= 4 is 51.6 Å². The van der Waals surface area contributed by atoms with Crippen LogP contribution in [0.25, 0.3) is 22.5 Å². The van der Waals surface area contributed by atoms with Crippen LogP contribution in [0.4, 0.5) is 11.6 Å². The number of anilines is 2. The van der Waals surface area contributed by atoms with Gasteiger partial charge >= 0.3 is 0 Å². The van der Waals surface area contributed by atoms with Crippen LogP contribution in [0.2, 0.25) is 10.0 Å². The number of nitrogens with zero attached hydrogens (tertiary/aromatic N) is 6. The highest BCUT2D eigenvalue weighted by molar-refractivity contribution is 6.37. The van der Waals surface area contributed by atoms with Crippen LogP contribution in [-0.2, 0) is 12.8 Å². The molecule has 0 spiro atoms. The molecule has 1 atom stereocenters. The fourth-order valence-corrected chi connectivity index (χ4v) is 6.24. The average molecular weight is 532 g/mol. The summed E-state index contributed by atoms with van der Waals surface area (Å²) in [7, 11) is 0. The van der Waals surface area contributed by atoms with Crippen molar-refractivity contribution in [3.05, 3.63) is 86.5 Å². The maximum atomic E-state index is 13.6. The molecule has 0 saturated carbocycles. The van der Waals surface area contributed by atoms with Crippen molar-refractivity contribution in [3.8, 4) is 5.69 Å². The predicted octanol–water partition coefficient (Wildman–Crippen LogP) is 5.04. The molecule has 3 aromatic heterocycles. The third kappa shape index (κ3) is 3.79. The van der Waals surface area contributed by atoms with Gasteiger partial charge in [0.05, 0.1) is 15.7 Å². The molecule has 1 aliphatic heterocycles. The number of hydrogen-bond donors (Lipinski definition) is 1. The van der Waals surface area contributed by atoms with E-state index in [9.17, 15) is 4.79 Å². The van der Waals surface area contributed by atoms with Gasteiger partial charge in [0.15, 0.2) is 5.65 Å². The number of rotatable bonds is 4. The average Bonchev–Trinajstić information content (AvgIpc) is 3.66. The minimum absolute atomic E-state index is 0.328. The second-order valence-electron chi connectivity index (χ2n) is 9.65. The van der Waals surface area contributed by atoms with Crippen LogP contribution in [0.15, 0.2) is 59.8 Å². The highest BCUT2D eigenvalue weighted by atomic mass is 35.5. The van der Waals surface area contributed by atoms with Gasteiger partial charge in [-0.2, -0.15) is 4.98 Å².